The molecule has 0 aliphatic carbocycles. The minimum Gasteiger partial charge on any atom is -0.480 e. The second kappa shape index (κ2) is 3.84. The number of imidazole rings is 1. The van der Waals surface area contributed by atoms with Gasteiger partial charge in [0.25, 0.3) is 0 Å². The quantitative estimate of drug-likeness (QED) is 0.718. The van der Waals surface area contributed by atoms with Gasteiger partial charge in [-0.2, -0.15) is 0 Å². The molecule has 0 spiro atoms. The number of fused-ring (bicyclic) bond motifs is 1. The van der Waals surface area contributed by atoms with Crippen LogP contribution in [0, 0.1) is 6.92 Å². The zero-order valence-corrected chi connectivity index (χ0v) is 9.35. The minimum atomic E-state index is -0.500. The molecule has 2 heterocycles. The van der Waals surface area contributed by atoms with Crippen molar-refractivity contribution in [3.8, 4) is 5.88 Å². The summed E-state index contributed by atoms with van der Waals surface area (Å²) in [5.41, 5.74) is 1.80. The average molecular weight is 220 g/mol. The van der Waals surface area contributed by atoms with Crippen LogP contribution in [0.5, 0.6) is 5.88 Å². The number of methoxy groups -OCH3 is 2. The molecule has 0 saturated heterocycles. The topological polar surface area (TPSA) is 52.8 Å². The van der Waals surface area contributed by atoms with Gasteiger partial charge in [0.05, 0.1) is 14.2 Å². The summed E-state index contributed by atoms with van der Waals surface area (Å²) in [4.78, 5) is 15.7. The fraction of sp³-hybridized carbons (Fsp3) is 0.273. The molecule has 2 rings (SSSR count). The van der Waals surface area contributed by atoms with E-state index in [1.807, 2.05) is 25.1 Å². The van der Waals surface area contributed by atoms with Crippen LogP contribution in [0.2, 0.25) is 0 Å². The summed E-state index contributed by atoms with van der Waals surface area (Å²) in [5.74, 6) is -0.0973. The Hall–Kier alpha value is -2.04. The summed E-state index contributed by atoms with van der Waals surface area (Å²) < 4.78 is 11.6. The monoisotopic (exact) mass is 220 g/mol. The van der Waals surface area contributed by atoms with Crippen molar-refractivity contribution in [1.82, 2.24) is 9.38 Å². The van der Waals surface area contributed by atoms with E-state index >= 15 is 0 Å². The molecular formula is C11H12N2O3. The van der Waals surface area contributed by atoms with Crippen LogP contribution >= 0.6 is 0 Å². The van der Waals surface area contributed by atoms with Crippen molar-refractivity contribution in [2.45, 2.75) is 6.92 Å². The predicted molar refractivity (Wildman–Crippen MR) is 57.8 cm³/mol. The Morgan fingerprint density at radius 3 is 2.75 bits per heavy atom. The van der Waals surface area contributed by atoms with E-state index in [1.54, 1.807) is 4.40 Å². The fourth-order valence-electron chi connectivity index (χ4n) is 1.64. The van der Waals surface area contributed by atoms with Crippen LogP contribution in [0.4, 0.5) is 0 Å². The first-order valence-electron chi connectivity index (χ1n) is 4.79. The maximum absolute atomic E-state index is 11.5. The van der Waals surface area contributed by atoms with Gasteiger partial charge in [0.15, 0.2) is 0 Å². The Bertz CT molecular complexity index is 545. The number of aromatic nitrogens is 2. The maximum Gasteiger partial charge on any atom is 0.362 e. The number of ether oxygens (including phenoxy) is 2. The van der Waals surface area contributed by atoms with Crippen LogP contribution in [0.15, 0.2) is 18.2 Å². The van der Waals surface area contributed by atoms with Gasteiger partial charge in [-0.15, -0.1) is 0 Å². The summed E-state index contributed by atoms with van der Waals surface area (Å²) in [7, 11) is 2.82. The van der Waals surface area contributed by atoms with Crippen LogP contribution in [-0.4, -0.2) is 29.6 Å². The molecule has 0 amide bonds. The van der Waals surface area contributed by atoms with Gasteiger partial charge in [-0.1, -0.05) is 6.07 Å². The molecule has 84 valence electrons. The van der Waals surface area contributed by atoms with E-state index in [0.29, 0.717) is 11.5 Å². The normalized spacial score (nSPS) is 10.4. The van der Waals surface area contributed by atoms with Gasteiger partial charge < -0.3 is 9.47 Å². The lowest BCUT2D eigenvalue weighted by Gasteiger charge is -2.04. The highest BCUT2D eigenvalue weighted by atomic mass is 16.5. The van der Waals surface area contributed by atoms with E-state index in [0.717, 1.165) is 5.69 Å². The van der Waals surface area contributed by atoms with Crippen molar-refractivity contribution in [2.24, 2.45) is 0 Å². The van der Waals surface area contributed by atoms with Gasteiger partial charge in [0.1, 0.15) is 5.65 Å². The number of hydrogen-bond acceptors (Lipinski definition) is 4. The smallest absolute Gasteiger partial charge is 0.362 e. The number of carbonyl (C=O) groups is 1. The number of pyridine rings is 1. The Morgan fingerprint density at radius 1 is 1.38 bits per heavy atom. The lowest BCUT2D eigenvalue weighted by molar-refractivity contribution is 0.0590. The third kappa shape index (κ3) is 1.41. The molecule has 0 atom stereocenters. The zero-order chi connectivity index (χ0) is 11.7. The molecule has 2 aromatic rings. The summed E-state index contributed by atoms with van der Waals surface area (Å²) in [6.45, 7) is 1.91. The molecule has 0 saturated carbocycles. The number of esters is 1. The zero-order valence-electron chi connectivity index (χ0n) is 9.35. The van der Waals surface area contributed by atoms with E-state index in [4.69, 9.17) is 4.74 Å². The van der Waals surface area contributed by atoms with Gasteiger partial charge in [0.2, 0.25) is 11.6 Å². The van der Waals surface area contributed by atoms with Crippen molar-refractivity contribution < 1.29 is 14.3 Å². The highest BCUT2D eigenvalue weighted by Crippen LogP contribution is 2.22. The van der Waals surface area contributed by atoms with Crippen LogP contribution in [0.25, 0.3) is 5.65 Å². The predicted octanol–water partition coefficient (Wildman–Crippen LogP) is 1.44. The standard InChI is InChI=1S/C11H12N2O3/c1-7-5-4-6-8-12-9(11(14)16-3)10(15-2)13(7)8/h4-6H,1-3H3. The van der Waals surface area contributed by atoms with Gasteiger partial charge in [-0.3, -0.25) is 4.40 Å². The van der Waals surface area contributed by atoms with Crippen molar-refractivity contribution in [3.05, 3.63) is 29.6 Å². The summed E-state index contributed by atoms with van der Waals surface area (Å²) in [6, 6.07) is 5.60. The molecule has 0 unspecified atom stereocenters. The highest BCUT2D eigenvalue weighted by Gasteiger charge is 2.20. The molecule has 5 heteroatoms. The first-order chi connectivity index (χ1) is 7.69. The van der Waals surface area contributed by atoms with Gasteiger partial charge in [-0.05, 0) is 19.1 Å². The van der Waals surface area contributed by atoms with Crippen molar-refractivity contribution >= 4 is 11.6 Å². The first kappa shape index (κ1) is 10.5. The van der Waals surface area contributed by atoms with E-state index in [-0.39, 0.29) is 5.69 Å². The Morgan fingerprint density at radius 2 is 2.12 bits per heavy atom. The molecule has 0 fully saturated rings. The van der Waals surface area contributed by atoms with E-state index in [9.17, 15) is 4.79 Å². The molecule has 5 nitrogen and oxygen atoms in total. The van der Waals surface area contributed by atoms with Crippen molar-refractivity contribution in [2.75, 3.05) is 14.2 Å². The molecule has 0 aliphatic rings. The number of hydrogen-bond donors (Lipinski definition) is 0. The molecule has 0 N–H and O–H groups in total. The summed E-state index contributed by atoms with van der Waals surface area (Å²) in [6.07, 6.45) is 0. The molecule has 2 aromatic heterocycles. The first-order valence-corrected chi connectivity index (χ1v) is 4.79. The number of nitrogens with zero attached hydrogens (tertiary/aromatic N) is 2. The Balaban J connectivity index is 2.77. The summed E-state index contributed by atoms with van der Waals surface area (Å²) in [5, 5.41) is 0. The van der Waals surface area contributed by atoms with Crippen molar-refractivity contribution in [3.63, 3.8) is 0 Å². The van der Waals surface area contributed by atoms with E-state index < -0.39 is 5.97 Å². The van der Waals surface area contributed by atoms with E-state index in [1.165, 1.54) is 14.2 Å². The third-order valence-electron chi connectivity index (χ3n) is 2.37. The lowest BCUT2D eigenvalue weighted by atomic mass is 10.4. The Kier molecular flexibility index (Phi) is 2.52. The molecule has 0 aliphatic heterocycles. The van der Waals surface area contributed by atoms with Gasteiger partial charge in [0, 0.05) is 5.69 Å². The number of aryl methyl sites for hydroxylation is 1. The largest absolute Gasteiger partial charge is 0.480 e. The minimum absolute atomic E-state index is 0.194. The molecule has 0 radical (unpaired) electrons. The molecular weight excluding hydrogens is 208 g/mol. The van der Waals surface area contributed by atoms with Crippen LogP contribution < -0.4 is 4.74 Å². The molecule has 0 aromatic carbocycles. The molecule has 0 bridgehead atoms. The van der Waals surface area contributed by atoms with E-state index in [2.05, 4.69) is 9.72 Å². The third-order valence-corrected chi connectivity index (χ3v) is 2.37. The van der Waals surface area contributed by atoms with Crippen LogP contribution in [0.1, 0.15) is 16.2 Å². The van der Waals surface area contributed by atoms with Crippen LogP contribution in [-0.2, 0) is 4.74 Å². The second-order valence-electron chi connectivity index (χ2n) is 3.32. The SMILES string of the molecule is COC(=O)c1nc2cccc(C)n2c1OC. The number of carbonyl (C=O) groups excluding carboxylic acids is 1. The Labute approximate surface area is 92.6 Å². The van der Waals surface area contributed by atoms with Gasteiger partial charge in [-0.25, -0.2) is 9.78 Å². The summed E-state index contributed by atoms with van der Waals surface area (Å²) >= 11 is 0. The fourth-order valence-corrected chi connectivity index (χ4v) is 1.64. The maximum atomic E-state index is 11.5. The van der Waals surface area contributed by atoms with Crippen molar-refractivity contribution in [1.29, 1.82) is 0 Å². The van der Waals surface area contributed by atoms with Crippen LogP contribution in [0.3, 0.4) is 0 Å². The average Bonchev–Trinajstić information content (AvgIpc) is 2.68. The number of rotatable bonds is 2. The molecule has 16 heavy (non-hydrogen) atoms. The van der Waals surface area contributed by atoms with Gasteiger partial charge >= 0.3 is 5.97 Å². The second-order valence-corrected chi connectivity index (χ2v) is 3.32. The highest BCUT2D eigenvalue weighted by molar-refractivity contribution is 5.91. The lowest BCUT2D eigenvalue weighted by Crippen LogP contribution is -2.04.